The van der Waals surface area contributed by atoms with Crippen molar-refractivity contribution in [2.24, 2.45) is 11.8 Å². The van der Waals surface area contributed by atoms with Crippen LogP contribution in [0.1, 0.15) is 43.9 Å². The van der Waals surface area contributed by atoms with Crippen LogP contribution in [0.25, 0.3) is 0 Å². The van der Waals surface area contributed by atoms with Gasteiger partial charge in [-0.3, -0.25) is 14.4 Å². The number of hydrogen-bond acceptors (Lipinski definition) is 3. The molecule has 1 fully saturated rings. The van der Waals surface area contributed by atoms with E-state index in [1.54, 1.807) is 4.90 Å². The number of aryl methyl sites for hydroxylation is 1. The summed E-state index contributed by atoms with van der Waals surface area (Å²) in [6.07, 6.45) is 0.716. The van der Waals surface area contributed by atoms with Crippen LogP contribution in [-0.2, 0) is 14.4 Å². The van der Waals surface area contributed by atoms with Crippen molar-refractivity contribution in [3.05, 3.63) is 35.4 Å². The van der Waals surface area contributed by atoms with Crippen LogP contribution in [-0.4, -0.2) is 40.9 Å². The van der Waals surface area contributed by atoms with E-state index < -0.39 is 17.9 Å². The molecule has 1 saturated heterocycles. The van der Waals surface area contributed by atoms with Gasteiger partial charge in [0.15, 0.2) is 0 Å². The number of nitrogens with zero attached hydrogens (tertiary/aromatic N) is 1. The van der Waals surface area contributed by atoms with Gasteiger partial charge in [-0.15, -0.1) is 0 Å². The Hall–Kier alpha value is -2.37. The number of carbonyl (C=O) groups is 3. The molecule has 1 heterocycles. The van der Waals surface area contributed by atoms with Crippen LogP contribution in [0.4, 0.5) is 0 Å². The van der Waals surface area contributed by atoms with Gasteiger partial charge in [0, 0.05) is 20.0 Å². The van der Waals surface area contributed by atoms with Crippen molar-refractivity contribution in [3.8, 4) is 0 Å². The van der Waals surface area contributed by atoms with Crippen molar-refractivity contribution in [2.45, 2.75) is 39.7 Å². The average Bonchev–Trinajstić information content (AvgIpc) is 2.53. The fourth-order valence-corrected chi connectivity index (χ4v) is 3.33. The number of rotatable bonds is 5. The normalized spacial score (nSPS) is 21.5. The molecule has 136 valence electrons. The van der Waals surface area contributed by atoms with Gasteiger partial charge in [0.05, 0.1) is 18.4 Å². The number of hydrogen-bond donors (Lipinski definition) is 2. The molecular weight excluding hydrogens is 320 g/mol. The van der Waals surface area contributed by atoms with E-state index >= 15 is 0 Å². The van der Waals surface area contributed by atoms with Gasteiger partial charge in [0.25, 0.3) is 0 Å². The predicted molar refractivity (Wildman–Crippen MR) is 93.8 cm³/mol. The summed E-state index contributed by atoms with van der Waals surface area (Å²) in [6, 6.07) is 7.28. The zero-order chi connectivity index (χ0) is 18.6. The molecule has 1 aliphatic heterocycles. The maximum absolute atomic E-state index is 12.7. The molecule has 0 aliphatic carbocycles. The third kappa shape index (κ3) is 5.31. The second-order valence-corrected chi connectivity index (χ2v) is 7.04. The van der Waals surface area contributed by atoms with Gasteiger partial charge in [-0.2, -0.15) is 0 Å². The van der Waals surface area contributed by atoms with E-state index in [4.69, 9.17) is 0 Å². The second-order valence-electron chi connectivity index (χ2n) is 7.04. The van der Waals surface area contributed by atoms with E-state index in [1.165, 1.54) is 6.92 Å². The summed E-state index contributed by atoms with van der Waals surface area (Å²) in [4.78, 5) is 37.2. The van der Waals surface area contributed by atoms with E-state index in [9.17, 15) is 19.5 Å². The monoisotopic (exact) mass is 346 g/mol. The number of benzene rings is 1. The third-order valence-corrected chi connectivity index (χ3v) is 4.60. The molecule has 2 rings (SSSR count). The highest BCUT2D eigenvalue weighted by molar-refractivity contribution is 5.80. The number of amides is 2. The molecular formula is C19H26N2O4. The summed E-state index contributed by atoms with van der Waals surface area (Å²) in [6.45, 7) is 6.15. The first-order valence-electron chi connectivity index (χ1n) is 8.60. The quantitative estimate of drug-likeness (QED) is 0.855. The van der Waals surface area contributed by atoms with Crippen molar-refractivity contribution in [3.63, 3.8) is 0 Å². The Morgan fingerprint density at radius 1 is 1.24 bits per heavy atom. The van der Waals surface area contributed by atoms with Gasteiger partial charge < -0.3 is 15.3 Å². The average molecular weight is 346 g/mol. The van der Waals surface area contributed by atoms with Crippen molar-refractivity contribution in [1.82, 2.24) is 10.2 Å². The molecule has 1 aromatic carbocycles. The lowest BCUT2D eigenvalue weighted by Gasteiger charge is -2.35. The molecule has 25 heavy (non-hydrogen) atoms. The molecule has 0 aromatic heterocycles. The van der Waals surface area contributed by atoms with Gasteiger partial charge in [0.1, 0.15) is 0 Å². The molecule has 0 radical (unpaired) electrons. The molecule has 2 N–H and O–H groups in total. The van der Waals surface area contributed by atoms with Crippen LogP contribution in [0.15, 0.2) is 24.3 Å². The molecule has 6 heteroatoms. The van der Waals surface area contributed by atoms with Gasteiger partial charge in [0.2, 0.25) is 11.8 Å². The maximum atomic E-state index is 12.7. The topological polar surface area (TPSA) is 86.7 Å². The Bertz CT molecular complexity index is 641. The molecule has 0 spiro atoms. The van der Waals surface area contributed by atoms with Crippen LogP contribution >= 0.6 is 0 Å². The molecule has 0 bridgehead atoms. The molecule has 6 nitrogen and oxygen atoms in total. The number of carboxylic acid groups (broad SMARTS) is 1. The third-order valence-electron chi connectivity index (χ3n) is 4.60. The summed E-state index contributed by atoms with van der Waals surface area (Å²) in [5.74, 6) is -1.56. The number of aliphatic carboxylic acids is 1. The van der Waals surface area contributed by atoms with Gasteiger partial charge in [-0.05, 0) is 24.8 Å². The Morgan fingerprint density at radius 3 is 2.44 bits per heavy atom. The van der Waals surface area contributed by atoms with E-state index in [2.05, 4.69) is 5.32 Å². The van der Waals surface area contributed by atoms with Crippen molar-refractivity contribution >= 4 is 17.8 Å². The Morgan fingerprint density at radius 2 is 1.88 bits per heavy atom. The molecule has 1 aromatic rings. The largest absolute Gasteiger partial charge is 0.481 e. The standard InChI is InChI=1S/C19H26N2O4/c1-12-4-6-15(7-5-12)17(20-14(3)22)9-18(23)21-10-13(2)8-16(11-21)19(24)25/h4-7,13,16-17H,8-11H2,1-3H3,(H,20,22)(H,24,25). The van der Waals surface area contributed by atoms with Crippen molar-refractivity contribution in [2.75, 3.05) is 13.1 Å². The van der Waals surface area contributed by atoms with Crippen LogP contribution in [0.5, 0.6) is 0 Å². The first kappa shape index (κ1) is 19.0. The smallest absolute Gasteiger partial charge is 0.308 e. The van der Waals surface area contributed by atoms with Gasteiger partial charge in [-0.25, -0.2) is 0 Å². The highest BCUT2D eigenvalue weighted by atomic mass is 16.4. The molecule has 0 saturated carbocycles. The highest BCUT2D eigenvalue weighted by Crippen LogP contribution is 2.25. The van der Waals surface area contributed by atoms with E-state index in [-0.39, 0.29) is 30.7 Å². The minimum Gasteiger partial charge on any atom is -0.481 e. The van der Waals surface area contributed by atoms with Crippen molar-refractivity contribution < 1.29 is 19.5 Å². The summed E-state index contributed by atoms with van der Waals surface area (Å²) >= 11 is 0. The first-order valence-corrected chi connectivity index (χ1v) is 8.60. The van der Waals surface area contributed by atoms with Crippen LogP contribution in [0.2, 0.25) is 0 Å². The van der Waals surface area contributed by atoms with Crippen LogP contribution < -0.4 is 5.32 Å². The Kier molecular flexibility index (Phi) is 6.17. The predicted octanol–water partition coefficient (Wildman–Crippen LogP) is 2.13. The number of carbonyl (C=O) groups excluding carboxylic acids is 2. The minimum atomic E-state index is -0.860. The van der Waals surface area contributed by atoms with E-state index in [1.807, 2.05) is 38.1 Å². The number of nitrogens with one attached hydrogen (secondary N) is 1. The van der Waals surface area contributed by atoms with Crippen molar-refractivity contribution in [1.29, 1.82) is 0 Å². The summed E-state index contributed by atoms with van der Waals surface area (Å²) in [5, 5.41) is 12.1. The summed E-state index contributed by atoms with van der Waals surface area (Å²) in [5.41, 5.74) is 1.97. The molecule has 1 aliphatic rings. The van der Waals surface area contributed by atoms with E-state index in [0.29, 0.717) is 13.0 Å². The Labute approximate surface area is 148 Å². The summed E-state index contributed by atoms with van der Waals surface area (Å²) in [7, 11) is 0. The fraction of sp³-hybridized carbons (Fsp3) is 0.526. The first-order chi connectivity index (χ1) is 11.8. The number of likely N-dealkylation sites (tertiary alicyclic amines) is 1. The van der Waals surface area contributed by atoms with Crippen LogP contribution in [0, 0.1) is 18.8 Å². The fourth-order valence-electron chi connectivity index (χ4n) is 3.33. The Balaban J connectivity index is 2.11. The zero-order valence-corrected chi connectivity index (χ0v) is 15.0. The highest BCUT2D eigenvalue weighted by Gasteiger charge is 2.32. The van der Waals surface area contributed by atoms with E-state index in [0.717, 1.165) is 11.1 Å². The molecule has 3 unspecified atom stereocenters. The molecule has 2 amide bonds. The second kappa shape index (κ2) is 8.14. The SMILES string of the molecule is CC(=O)NC(CC(=O)N1CC(C)CC(C(=O)O)C1)c1ccc(C)cc1. The summed E-state index contributed by atoms with van der Waals surface area (Å²) < 4.78 is 0. The zero-order valence-electron chi connectivity index (χ0n) is 15.0. The van der Waals surface area contributed by atoms with Gasteiger partial charge in [-0.1, -0.05) is 36.8 Å². The lowest BCUT2D eigenvalue weighted by molar-refractivity contribution is -0.147. The van der Waals surface area contributed by atoms with Crippen LogP contribution in [0.3, 0.4) is 0 Å². The number of piperidine rings is 1. The minimum absolute atomic E-state index is 0.127. The lowest BCUT2D eigenvalue weighted by Crippen LogP contribution is -2.46. The lowest BCUT2D eigenvalue weighted by atomic mass is 9.90. The maximum Gasteiger partial charge on any atom is 0.308 e. The van der Waals surface area contributed by atoms with Gasteiger partial charge >= 0.3 is 5.97 Å². The number of carboxylic acids is 1. The molecule has 3 atom stereocenters.